The Bertz CT molecular complexity index is 1060. The molecule has 3 aromatic carbocycles. The predicted molar refractivity (Wildman–Crippen MR) is 116 cm³/mol. The number of nitrogens with one attached hydrogen (secondary N) is 1. The standard InChI is InChI=1S/C23H24N2O5/c1-15(30-19-11-7-9-16-8-5-6-10-18(16)19)23(26)25-24-14-17-12-21(28-3)22(29-4)13-20(17)27-2/h5-15H,1-4H3,(H,25,26)/b24-14-/t15-/m0/s1. The van der Waals surface area contributed by atoms with E-state index in [1.807, 2.05) is 42.5 Å². The monoisotopic (exact) mass is 408 g/mol. The summed E-state index contributed by atoms with van der Waals surface area (Å²) in [6.45, 7) is 1.67. The predicted octanol–water partition coefficient (Wildman–Crippen LogP) is 3.78. The summed E-state index contributed by atoms with van der Waals surface area (Å²) in [5.74, 6) is 1.86. The molecular weight excluding hydrogens is 384 g/mol. The number of amides is 1. The number of carbonyl (C=O) groups is 1. The lowest BCUT2D eigenvalue weighted by atomic mass is 10.1. The Morgan fingerprint density at radius 2 is 1.57 bits per heavy atom. The molecule has 0 spiro atoms. The molecule has 1 N–H and O–H groups in total. The SMILES string of the molecule is COc1cc(OC)c(OC)cc1/C=N\NC(=O)[C@H](C)Oc1cccc2ccccc12. The Kier molecular flexibility index (Phi) is 6.75. The summed E-state index contributed by atoms with van der Waals surface area (Å²) in [5.41, 5.74) is 3.12. The fourth-order valence-corrected chi connectivity index (χ4v) is 2.95. The van der Waals surface area contributed by atoms with E-state index in [-0.39, 0.29) is 5.91 Å². The first-order valence-corrected chi connectivity index (χ1v) is 9.34. The summed E-state index contributed by atoms with van der Waals surface area (Å²) in [7, 11) is 4.62. The average molecular weight is 408 g/mol. The molecule has 0 saturated carbocycles. The van der Waals surface area contributed by atoms with Crippen molar-refractivity contribution in [1.82, 2.24) is 5.43 Å². The summed E-state index contributed by atoms with van der Waals surface area (Å²) in [6.07, 6.45) is 0.740. The second-order valence-electron chi connectivity index (χ2n) is 6.42. The van der Waals surface area contributed by atoms with Crippen LogP contribution in [0.5, 0.6) is 23.0 Å². The average Bonchev–Trinajstić information content (AvgIpc) is 2.78. The number of ether oxygens (including phenoxy) is 4. The molecule has 7 heteroatoms. The molecule has 3 rings (SSSR count). The number of hydrogen-bond donors (Lipinski definition) is 1. The zero-order chi connectivity index (χ0) is 21.5. The van der Waals surface area contributed by atoms with Crippen LogP contribution < -0.4 is 24.4 Å². The Balaban J connectivity index is 1.70. The topological polar surface area (TPSA) is 78.4 Å². The fourth-order valence-electron chi connectivity index (χ4n) is 2.95. The van der Waals surface area contributed by atoms with E-state index >= 15 is 0 Å². The second kappa shape index (κ2) is 9.65. The maximum absolute atomic E-state index is 12.4. The van der Waals surface area contributed by atoms with Gasteiger partial charge in [-0.3, -0.25) is 4.79 Å². The second-order valence-corrected chi connectivity index (χ2v) is 6.42. The molecule has 0 aliphatic rings. The normalized spacial score (nSPS) is 11.9. The molecule has 1 amide bonds. The van der Waals surface area contributed by atoms with Gasteiger partial charge in [-0.25, -0.2) is 5.43 Å². The van der Waals surface area contributed by atoms with Gasteiger partial charge in [-0.15, -0.1) is 0 Å². The lowest BCUT2D eigenvalue weighted by Crippen LogP contribution is -2.33. The summed E-state index contributed by atoms with van der Waals surface area (Å²) >= 11 is 0. The third-order valence-corrected chi connectivity index (χ3v) is 4.54. The van der Waals surface area contributed by atoms with E-state index in [2.05, 4.69) is 10.5 Å². The Labute approximate surface area is 175 Å². The van der Waals surface area contributed by atoms with E-state index in [0.717, 1.165) is 10.8 Å². The van der Waals surface area contributed by atoms with Crippen LogP contribution in [-0.2, 0) is 4.79 Å². The van der Waals surface area contributed by atoms with Gasteiger partial charge in [0.2, 0.25) is 0 Å². The van der Waals surface area contributed by atoms with E-state index in [1.54, 1.807) is 33.3 Å². The number of carbonyl (C=O) groups excluding carboxylic acids is 1. The molecule has 0 bridgehead atoms. The highest BCUT2D eigenvalue weighted by Crippen LogP contribution is 2.33. The van der Waals surface area contributed by atoms with Crippen LogP contribution in [-0.4, -0.2) is 39.6 Å². The maximum atomic E-state index is 12.4. The van der Waals surface area contributed by atoms with E-state index in [9.17, 15) is 4.79 Å². The molecule has 30 heavy (non-hydrogen) atoms. The van der Waals surface area contributed by atoms with Gasteiger partial charge in [-0.05, 0) is 24.4 Å². The van der Waals surface area contributed by atoms with Gasteiger partial charge in [0.15, 0.2) is 17.6 Å². The molecule has 0 aliphatic heterocycles. The van der Waals surface area contributed by atoms with Crippen LogP contribution in [0.2, 0.25) is 0 Å². The van der Waals surface area contributed by atoms with Crippen molar-refractivity contribution in [2.45, 2.75) is 13.0 Å². The third kappa shape index (κ3) is 4.63. The number of benzene rings is 3. The van der Waals surface area contributed by atoms with Gasteiger partial charge in [0.1, 0.15) is 11.5 Å². The Hall–Kier alpha value is -3.74. The third-order valence-electron chi connectivity index (χ3n) is 4.54. The molecule has 3 aromatic rings. The van der Waals surface area contributed by atoms with E-state index < -0.39 is 6.10 Å². The summed E-state index contributed by atoms with van der Waals surface area (Å²) < 4.78 is 21.8. The van der Waals surface area contributed by atoms with Gasteiger partial charge in [-0.1, -0.05) is 36.4 Å². The van der Waals surface area contributed by atoms with Gasteiger partial charge in [0, 0.05) is 17.0 Å². The Morgan fingerprint density at radius 3 is 2.30 bits per heavy atom. The minimum absolute atomic E-state index is 0.376. The molecule has 1 atom stereocenters. The molecule has 0 unspecified atom stereocenters. The van der Waals surface area contributed by atoms with Crippen LogP contribution in [0, 0.1) is 0 Å². The molecule has 0 radical (unpaired) electrons. The lowest BCUT2D eigenvalue weighted by molar-refractivity contribution is -0.127. The first-order valence-electron chi connectivity index (χ1n) is 9.34. The lowest BCUT2D eigenvalue weighted by Gasteiger charge is -2.15. The largest absolute Gasteiger partial charge is 0.496 e. The van der Waals surface area contributed by atoms with Crippen molar-refractivity contribution in [1.29, 1.82) is 0 Å². The minimum Gasteiger partial charge on any atom is -0.496 e. The molecule has 0 heterocycles. The Morgan fingerprint density at radius 1 is 0.900 bits per heavy atom. The number of fused-ring (bicyclic) bond motifs is 1. The van der Waals surface area contributed by atoms with Crippen molar-refractivity contribution < 1.29 is 23.7 Å². The number of hydrogen-bond acceptors (Lipinski definition) is 6. The molecule has 0 aliphatic carbocycles. The number of hydrazone groups is 1. The first kappa shape index (κ1) is 21.0. The van der Waals surface area contributed by atoms with Crippen molar-refractivity contribution in [3.05, 3.63) is 60.2 Å². The summed E-state index contributed by atoms with van der Waals surface area (Å²) in [5, 5.41) is 6.01. The van der Waals surface area contributed by atoms with Gasteiger partial charge >= 0.3 is 0 Å². The number of methoxy groups -OCH3 is 3. The number of rotatable bonds is 8. The van der Waals surface area contributed by atoms with Crippen molar-refractivity contribution in [3.63, 3.8) is 0 Å². The van der Waals surface area contributed by atoms with Gasteiger partial charge in [-0.2, -0.15) is 5.10 Å². The zero-order valence-corrected chi connectivity index (χ0v) is 17.3. The van der Waals surface area contributed by atoms with Gasteiger partial charge < -0.3 is 18.9 Å². The smallest absolute Gasteiger partial charge is 0.280 e. The van der Waals surface area contributed by atoms with Crippen LogP contribution in [0.25, 0.3) is 10.8 Å². The molecule has 0 fully saturated rings. The molecular formula is C23H24N2O5. The van der Waals surface area contributed by atoms with Crippen LogP contribution in [0.1, 0.15) is 12.5 Å². The summed E-state index contributed by atoms with van der Waals surface area (Å²) in [6, 6.07) is 17.0. The van der Waals surface area contributed by atoms with Crippen LogP contribution in [0.15, 0.2) is 59.7 Å². The van der Waals surface area contributed by atoms with Crippen molar-refractivity contribution in [3.8, 4) is 23.0 Å². The van der Waals surface area contributed by atoms with Crippen molar-refractivity contribution in [2.24, 2.45) is 5.10 Å². The van der Waals surface area contributed by atoms with E-state index in [0.29, 0.717) is 28.6 Å². The highest BCUT2D eigenvalue weighted by atomic mass is 16.5. The van der Waals surface area contributed by atoms with Gasteiger partial charge in [0.25, 0.3) is 5.91 Å². The van der Waals surface area contributed by atoms with Crippen LogP contribution >= 0.6 is 0 Å². The first-order chi connectivity index (χ1) is 14.6. The molecule has 156 valence electrons. The zero-order valence-electron chi connectivity index (χ0n) is 17.3. The van der Waals surface area contributed by atoms with E-state index in [4.69, 9.17) is 18.9 Å². The fraction of sp³-hybridized carbons (Fsp3) is 0.217. The van der Waals surface area contributed by atoms with Crippen molar-refractivity contribution in [2.75, 3.05) is 21.3 Å². The van der Waals surface area contributed by atoms with Gasteiger partial charge in [0.05, 0.1) is 27.5 Å². The highest BCUT2D eigenvalue weighted by molar-refractivity contribution is 5.90. The van der Waals surface area contributed by atoms with E-state index in [1.165, 1.54) is 13.3 Å². The molecule has 0 saturated heterocycles. The van der Waals surface area contributed by atoms with Crippen LogP contribution in [0.4, 0.5) is 0 Å². The maximum Gasteiger partial charge on any atom is 0.280 e. The minimum atomic E-state index is -0.736. The summed E-state index contributed by atoms with van der Waals surface area (Å²) in [4.78, 5) is 12.4. The number of nitrogens with zero attached hydrogens (tertiary/aromatic N) is 1. The molecule has 7 nitrogen and oxygen atoms in total. The molecule has 0 aromatic heterocycles. The van der Waals surface area contributed by atoms with Crippen LogP contribution in [0.3, 0.4) is 0 Å². The quantitative estimate of drug-likeness (QED) is 0.453. The highest BCUT2D eigenvalue weighted by Gasteiger charge is 2.16. The van der Waals surface area contributed by atoms with Crippen molar-refractivity contribution >= 4 is 22.9 Å².